The molecule has 0 bridgehead atoms. The molecule has 0 fully saturated rings. The van der Waals surface area contributed by atoms with E-state index in [1.165, 1.54) is 11.5 Å². The molecule has 2 N–H and O–H groups in total. The molecule has 0 atom stereocenters. The molecule has 0 saturated carbocycles. The second-order valence-electron chi connectivity index (χ2n) is 3.94. The van der Waals surface area contributed by atoms with E-state index in [1.807, 2.05) is 4.90 Å². The Morgan fingerprint density at radius 3 is 2.40 bits per heavy atom. The average molecular weight is 303 g/mol. The predicted octanol–water partition coefficient (Wildman–Crippen LogP) is 1.00. The molecule has 0 amide bonds. The van der Waals surface area contributed by atoms with E-state index in [0.717, 1.165) is 0 Å². The highest BCUT2D eigenvalue weighted by Gasteiger charge is 2.24. The number of nitrogens with two attached hydrogens (primary N) is 1. The van der Waals surface area contributed by atoms with Crippen LogP contribution in [0.1, 0.15) is 17.3 Å². The zero-order valence-corrected chi connectivity index (χ0v) is 12.9. The van der Waals surface area contributed by atoms with Crippen LogP contribution in [0.25, 0.3) is 0 Å². The minimum Gasteiger partial charge on any atom is -0.462 e. The summed E-state index contributed by atoms with van der Waals surface area (Å²) in [6, 6.07) is 0. The van der Waals surface area contributed by atoms with Crippen molar-refractivity contribution in [2.75, 3.05) is 57.8 Å². The third-order valence-corrected chi connectivity index (χ3v) is 3.52. The van der Waals surface area contributed by atoms with Gasteiger partial charge in [0.15, 0.2) is 5.82 Å². The third kappa shape index (κ3) is 4.32. The molecule has 0 saturated heterocycles. The molecule has 1 aromatic heterocycles. The maximum absolute atomic E-state index is 12.0. The first-order valence-corrected chi connectivity index (χ1v) is 7.08. The van der Waals surface area contributed by atoms with Gasteiger partial charge in [-0.05, 0) is 18.5 Å². The maximum Gasteiger partial charge on any atom is 0.345 e. The van der Waals surface area contributed by atoms with Crippen molar-refractivity contribution >= 4 is 28.3 Å². The van der Waals surface area contributed by atoms with Crippen LogP contribution < -0.4 is 10.6 Å². The fourth-order valence-electron chi connectivity index (χ4n) is 1.62. The van der Waals surface area contributed by atoms with Crippen LogP contribution in [-0.4, -0.2) is 57.5 Å². The summed E-state index contributed by atoms with van der Waals surface area (Å²) >= 11 is 1.18. The molecule has 20 heavy (non-hydrogen) atoms. The summed E-state index contributed by atoms with van der Waals surface area (Å²) in [5.41, 5.74) is 6.10. The van der Waals surface area contributed by atoms with Gasteiger partial charge in [0.2, 0.25) is 0 Å². The largest absolute Gasteiger partial charge is 0.462 e. The predicted molar refractivity (Wildman–Crippen MR) is 78.4 cm³/mol. The summed E-state index contributed by atoms with van der Waals surface area (Å²) in [6.45, 7) is 4.35. The van der Waals surface area contributed by atoms with E-state index in [2.05, 4.69) is 4.37 Å². The lowest BCUT2D eigenvalue weighted by Gasteiger charge is -2.23. The molecule has 0 aromatic carbocycles. The molecule has 1 rings (SSSR count). The fraction of sp³-hybridized carbons (Fsp3) is 0.667. The summed E-state index contributed by atoms with van der Waals surface area (Å²) in [7, 11) is 3.25. The Bertz CT molecular complexity index is 417. The summed E-state index contributed by atoms with van der Waals surface area (Å²) in [4.78, 5) is 13.9. The van der Waals surface area contributed by atoms with Crippen molar-refractivity contribution in [2.45, 2.75) is 6.92 Å². The molecular formula is C12H21N3O4S. The lowest BCUT2D eigenvalue weighted by molar-refractivity contribution is 0.0528. The molecule has 0 aliphatic carbocycles. The van der Waals surface area contributed by atoms with E-state index in [9.17, 15) is 4.79 Å². The van der Waals surface area contributed by atoms with Gasteiger partial charge in [0.25, 0.3) is 0 Å². The van der Waals surface area contributed by atoms with Crippen LogP contribution in [0, 0.1) is 0 Å². The molecule has 7 nitrogen and oxygen atoms in total. The fourth-order valence-corrected chi connectivity index (χ4v) is 2.48. The summed E-state index contributed by atoms with van der Waals surface area (Å²) in [6.07, 6.45) is 0. The van der Waals surface area contributed by atoms with E-state index < -0.39 is 5.97 Å². The number of rotatable bonds is 9. The summed E-state index contributed by atoms with van der Waals surface area (Å²) in [5, 5.41) is 0.690. The van der Waals surface area contributed by atoms with Crippen LogP contribution in [0.5, 0.6) is 0 Å². The highest BCUT2D eigenvalue weighted by molar-refractivity contribution is 7.11. The van der Waals surface area contributed by atoms with Gasteiger partial charge < -0.3 is 24.8 Å². The molecule has 0 aliphatic heterocycles. The van der Waals surface area contributed by atoms with Gasteiger partial charge in [0.05, 0.1) is 19.8 Å². The first-order valence-electron chi connectivity index (χ1n) is 6.30. The Balaban J connectivity index is 2.96. The lowest BCUT2D eigenvalue weighted by atomic mass is 10.3. The van der Waals surface area contributed by atoms with Gasteiger partial charge in [0.1, 0.15) is 10.6 Å². The second-order valence-corrected chi connectivity index (χ2v) is 4.69. The smallest absolute Gasteiger partial charge is 0.345 e. The van der Waals surface area contributed by atoms with E-state index in [0.29, 0.717) is 43.5 Å². The number of aromatic nitrogens is 1. The van der Waals surface area contributed by atoms with Crippen molar-refractivity contribution in [3.8, 4) is 0 Å². The number of methoxy groups -OCH3 is 2. The normalized spacial score (nSPS) is 10.6. The van der Waals surface area contributed by atoms with Crippen LogP contribution in [0.3, 0.4) is 0 Å². The Labute approximate surface area is 122 Å². The van der Waals surface area contributed by atoms with Crippen molar-refractivity contribution in [1.29, 1.82) is 0 Å². The number of nitrogen functional groups attached to an aromatic ring is 1. The van der Waals surface area contributed by atoms with E-state index in [4.69, 9.17) is 19.9 Å². The monoisotopic (exact) mass is 303 g/mol. The summed E-state index contributed by atoms with van der Waals surface area (Å²) < 4.78 is 19.2. The van der Waals surface area contributed by atoms with Crippen molar-refractivity contribution in [2.24, 2.45) is 0 Å². The Morgan fingerprint density at radius 1 is 1.30 bits per heavy atom. The van der Waals surface area contributed by atoms with Crippen molar-refractivity contribution in [3.63, 3.8) is 0 Å². The number of carbonyl (C=O) groups is 1. The number of esters is 1. The lowest BCUT2D eigenvalue weighted by Crippen LogP contribution is -2.31. The van der Waals surface area contributed by atoms with Crippen molar-refractivity contribution in [1.82, 2.24) is 4.37 Å². The molecular weight excluding hydrogens is 282 g/mol. The van der Waals surface area contributed by atoms with Gasteiger partial charge in [-0.1, -0.05) is 0 Å². The molecule has 1 aromatic rings. The van der Waals surface area contributed by atoms with Gasteiger partial charge in [-0.2, -0.15) is 4.37 Å². The topological polar surface area (TPSA) is 86.9 Å². The second kappa shape index (κ2) is 8.72. The zero-order chi connectivity index (χ0) is 15.0. The molecule has 1 heterocycles. The van der Waals surface area contributed by atoms with Crippen LogP contribution in [0.4, 0.5) is 10.8 Å². The highest BCUT2D eigenvalue weighted by Crippen LogP contribution is 2.31. The Hall–Kier alpha value is -1.38. The zero-order valence-electron chi connectivity index (χ0n) is 12.0. The quantitative estimate of drug-likeness (QED) is 0.681. The molecule has 114 valence electrons. The third-order valence-electron chi connectivity index (χ3n) is 2.60. The van der Waals surface area contributed by atoms with Crippen molar-refractivity contribution in [3.05, 3.63) is 5.56 Å². The van der Waals surface area contributed by atoms with Gasteiger partial charge in [-0.25, -0.2) is 4.79 Å². The number of hydrogen-bond donors (Lipinski definition) is 1. The number of hydrogen-bond acceptors (Lipinski definition) is 8. The van der Waals surface area contributed by atoms with Crippen LogP contribution in [-0.2, 0) is 14.2 Å². The van der Waals surface area contributed by atoms with E-state index in [-0.39, 0.29) is 5.82 Å². The Morgan fingerprint density at radius 2 is 1.90 bits per heavy atom. The van der Waals surface area contributed by atoms with E-state index >= 15 is 0 Å². The van der Waals surface area contributed by atoms with Gasteiger partial charge >= 0.3 is 5.97 Å². The minimum atomic E-state index is -0.450. The number of carbonyl (C=O) groups excluding carboxylic acids is 1. The molecule has 0 aliphatic rings. The van der Waals surface area contributed by atoms with Crippen LogP contribution >= 0.6 is 11.5 Å². The van der Waals surface area contributed by atoms with Gasteiger partial charge in [0, 0.05) is 27.3 Å². The Kier molecular flexibility index (Phi) is 7.27. The SMILES string of the molecule is CCOC(=O)c1c(N)nsc1N(CCOC)CCOC. The van der Waals surface area contributed by atoms with Crippen LogP contribution in [0.2, 0.25) is 0 Å². The minimum absolute atomic E-state index is 0.197. The number of nitrogens with zero attached hydrogens (tertiary/aromatic N) is 2. The molecule has 0 spiro atoms. The highest BCUT2D eigenvalue weighted by atomic mass is 32.1. The van der Waals surface area contributed by atoms with Crippen molar-refractivity contribution < 1.29 is 19.0 Å². The standard InChI is InChI=1S/C12H21N3O4S/c1-4-19-12(16)9-10(13)14-20-11(9)15(5-7-17-2)6-8-18-3/h4-8H2,1-3H3,(H2,13,14). The molecule has 0 radical (unpaired) electrons. The van der Waals surface area contributed by atoms with Crippen LogP contribution in [0.15, 0.2) is 0 Å². The number of anilines is 2. The first-order chi connectivity index (χ1) is 9.65. The molecule has 0 unspecified atom stereocenters. The van der Waals surface area contributed by atoms with Gasteiger partial charge in [-0.3, -0.25) is 0 Å². The average Bonchev–Trinajstić information content (AvgIpc) is 2.81. The maximum atomic E-state index is 12.0. The van der Waals surface area contributed by atoms with Gasteiger partial charge in [-0.15, -0.1) is 0 Å². The van der Waals surface area contributed by atoms with E-state index in [1.54, 1.807) is 21.1 Å². The summed E-state index contributed by atoms with van der Waals surface area (Å²) in [5.74, 6) is -0.253. The molecule has 8 heteroatoms. The number of ether oxygens (including phenoxy) is 3. The first kappa shape index (κ1) is 16.7.